The van der Waals surface area contributed by atoms with E-state index in [-0.39, 0.29) is 6.10 Å². The van der Waals surface area contributed by atoms with Gasteiger partial charge in [-0.1, -0.05) is 0 Å². The predicted molar refractivity (Wildman–Crippen MR) is 50.6 cm³/mol. The molecule has 0 radical (unpaired) electrons. The fourth-order valence-electron chi connectivity index (χ4n) is 1.82. The summed E-state index contributed by atoms with van der Waals surface area (Å²) >= 11 is 0. The zero-order chi connectivity index (χ0) is 9.26. The Bertz CT molecular complexity index is 207. The molecule has 4 nitrogen and oxygen atoms in total. The molecule has 4 heteroatoms. The molecule has 74 valence electrons. The van der Waals surface area contributed by atoms with E-state index in [2.05, 4.69) is 34.5 Å². The van der Waals surface area contributed by atoms with Gasteiger partial charge in [-0.15, -0.1) is 0 Å². The van der Waals surface area contributed by atoms with Crippen LogP contribution >= 0.6 is 0 Å². The molecule has 0 spiro atoms. The highest BCUT2D eigenvalue weighted by molar-refractivity contribution is 4.96. The molecular formula is C9H17N3O. The Morgan fingerprint density at radius 1 is 1.62 bits per heavy atom. The molecule has 0 saturated carbocycles. The zero-order valence-electron chi connectivity index (χ0n) is 7.98. The number of aliphatic hydroxyl groups is 1. The molecule has 1 unspecified atom stereocenters. The third-order valence-electron chi connectivity index (χ3n) is 2.52. The first-order valence-corrected chi connectivity index (χ1v) is 4.85. The Hall–Kier alpha value is -0.580. The monoisotopic (exact) mass is 183 g/mol. The van der Waals surface area contributed by atoms with Crippen molar-refractivity contribution in [2.45, 2.75) is 25.5 Å². The Labute approximate surface area is 78.8 Å². The average Bonchev–Trinajstić information content (AvgIpc) is 2.62. The summed E-state index contributed by atoms with van der Waals surface area (Å²) in [6, 6.07) is 0.438. The van der Waals surface area contributed by atoms with Gasteiger partial charge < -0.3 is 10.1 Å². The highest BCUT2D eigenvalue weighted by Crippen LogP contribution is 2.10. The SMILES string of the molecule is CC1C=CN(CN2CC[C@H](O)C2)N1. The lowest BCUT2D eigenvalue weighted by Crippen LogP contribution is -2.41. The zero-order valence-corrected chi connectivity index (χ0v) is 7.98. The summed E-state index contributed by atoms with van der Waals surface area (Å²) in [6.07, 6.45) is 4.98. The van der Waals surface area contributed by atoms with Gasteiger partial charge in [0.25, 0.3) is 0 Å². The first-order valence-electron chi connectivity index (χ1n) is 4.85. The molecule has 2 atom stereocenters. The van der Waals surface area contributed by atoms with Crippen molar-refractivity contribution in [2.75, 3.05) is 19.8 Å². The number of nitrogens with one attached hydrogen (secondary N) is 1. The van der Waals surface area contributed by atoms with Gasteiger partial charge in [0.05, 0.1) is 12.8 Å². The van der Waals surface area contributed by atoms with Crippen LogP contribution in [0.15, 0.2) is 12.3 Å². The highest BCUT2D eigenvalue weighted by Gasteiger charge is 2.22. The fraction of sp³-hybridized carbons (Fsp3) is 0.778. The Morgan fingerprint density at radius 2 is 2.46 bits per heavy atom. The minimum Gasteiger partial charge on any atom is -0.392 e. The van der Waals surface area contributed by atoms with E-state index in [0.29, 0.717) is 6.04 Å². The summed E-state index contributed by atoms with van der Waals surface area (Å²) in [5.41, 5.74) is 3.29. The van der Waals surface area contributed by atoms with Crippen molar-refractivity contribution < 1.29 is 5.11 Å². The quantitative estimate of drug-likeness (QED) is 0.618. The molecule has 1 fully saturated rings. The highest BCUT2D eigenvalue weighted by atomic mass is 16.3. The fourth-order valence-corrected chi connectivity index (χ4v) is 1.82. The molecule has 0 bridgehead atoms. The van der Waals surface area contributed by atoms with E-state index >= 15 is 0 Å². The summed E-state index contributed by atoms with van der Waals surface area (Å²) in [5, 5.41) is 11.4. The lowest BCUT2D eigenvalue weighted by Gasteiger charge is -2.24. The van der Waals surface area contributed by atoms with Crippen LogP contribution in [-0.4, -0.2) is 46.9 Å². The molecule has 0 aromatic heterocycles. The normalized spacial score (nSPS) is 34.8. The molecule has 2 N–H and O–H groups in total. The number of β-amino-alcohol motifs (C(OH)–C–C–N with tert-alkyl or cyclic N) is 1. The molecule has 2 aliphatic rings. The molecule has 2 heterocycles. The Balaban J connectivity index is 1.76. The topological polar surface area (TPSA) is 38.7 Å². The van der Waals surface area contributed by atoms with Gasteiger partial charge in [-0.3, -0.25) is 4.90 Å². The summed E-state index contributed by atoms with van der Waals surface area (Å²) < 4.78 is 0. The van der Waals surface area contributed by atoms with Gasteiger partial charge in [0.2, 0.25) is 0 Å². The van der Waals surface area contributed by atoms with Gasteiger partial charge in [-0.05, 0) is 19.4 Å². The van der Waals surface area contributed by atoms with Crippen molar-refractivity contribution in [1.82, 2.24) is 15.3 Å². The van der Waals surface area contributed by atoms with Gasteiger partial charge in [0.1, 0.15) is 0 Å². The number of likely N-dealkylation sites (tertiary alicyclic amines) is 1. The Kier molecular flexibility index (Phi) is 2.53. The summed E-state index contributed by atoms with van der Waals surface area (Å²) in [5.74, 6) is 0. The van der Waals surface area contributed by atoms with Crippen molar-refractivity contribution in [1.29, 1.82) is 0 Å². The molecular weight excluding hydrogens is 166 g/mol. The van der Waals surface area contributed by atoms with E-state index in [1.54, 1.807) is 0 Å². The summed E-state index contributed by atoms with van der Waals surface area (Å²) in [6.45, 7) is 4.80. The summed E-state index contributed by atoms with van der Waals surface area (Å²) in [4.78, 5) is 2.25. The van der Waals surface area contributed by atoms with Crippen LogP contribution in [0.5, 0.6) is 0 Å². The van der Waals surface area contributed by atoms with Crippen LogP contribution < -0.4 is 5.43 Å². The molecule has 1 saturated heterocycles. The van der Waals surface area contributed by atoms with Gasteiger partial charge >= 0.3 is 0 Å². The second-order valence-corrected chi connectivity index (χ2v) is 3.89. The maximum atomic E-state index is 9.33. The van der Waals surface area contributed by atoms with E-state index in [1.165, 1.54) is 0 Å². The van der Waals surface area contributed by atoms with Crippen molar-refractivity contribution >= 4 is 0 Å². The van der Waals surface area contributed by atoms with Crippen LogP contribution in [0.1, 0.15) is 13.3 Å². The third kappa shape index (κ3) is 2.21. The van der Waals surface area contributed by atoms with Crippen LogP contribution in [0.3, 0.4) is 0 Å². The first kappa shape index (κ1) is 8.99. The van der Waals surface area contributed by atoms with Crippen molar-refractivity contribution in [3.05, 3.63) is 12.3 Å². The number of nitrogens with zero attached hydrogens (tertiary/aromatic N) is 2. The van der Waals surface area contributed by atoms with Gasteiger partial charge in [-0.25, -0.2) is 5.43 Å². The van der Waals surface area contributed by atoms with E-state index in [4.69, 9.17) is 0 Å². The second kappa shape index (κ2) is 3.65. The van der Waals surface area contributed by atoms with Crippen molar-refractivity contribution in [3.63, 3.8) is 0 Å². The molecule has 2 aliphatic heterocycles. The number of rotatable bonds is 2. The molecule has 0 aromatic rings. The number of hydrazine groups is 1. The standard InChI is InChI=1S/C9H17N3O/c1-8-2-5-12(10-8)7-11-4-3-9(13)6-11/h2,5,8-10,13H,3-4,6-7H2,1H3/t8?,9-/m0/s1. The number of hydrogen-bond donors (Lipinski definition) is 2. The van der Waals surface area contributed by atoms with Crippen LogP contribution in [0, 0.1) is 0 Å². The largest absolute Gasteiger partial charge is 0.392 e. The predicted octanol–water partition coefficient (Wildman–Crippen LogP) is -0.267. The van der Waals surface area contributed by atoms with E-state index < -0.39 is 0 Å². The maximum absolute atomic E-state index is 9.33. The van der Waals surface area contributed by atoms with E-state index in [9.17, 15) is 5.11 Å². The van der Waals surface area contributed by atoms with Crippen LogP contribution in [-0.2, 0) is 0 Å². The molecule has 0 aromatic carbocycles. The van der Waals surface area contributed by atoms with E-state index in [0.717, 1.165) is 26.2 Å². The van der Waals surface area contributed by atoms with Gasteiger partial charge in [0.15, 0.2) is 0 Å². The lowest BCUT2D eigenvalue weighted by molar-refractivity contribution is 0.130. The minimum atomic E-state index is -0.121. The maximum Gasteiger partial charge on any atom is 0.0857 e. The van der Waals surface area contributed by atoms with Gasteiger partial charge in [0, 0.05) is 25.3 Å². The first-order chi connectivity index (χ1) is 6.24. The lowest BCUT2D eigenvalue weighted by atomic mass is 10.3. The average molecular weight is 183 g/mol. The van der Waals surface area contributed by atoms with Crippen LogP contribution in [0.25, 0.3) is 0 Å². The second-order valence-electron chi connectivity index (χ2n) is 3.89. The molecule has 0 amide bonds. The molecule has 2 rings (SSSR count). The Morgan fingerprint density at radius 3 is 3.00 bits per heavy atom. The van der Waals surface area contributed by atoms with Gasteiger partial charge in [-0.2, -0.15) is 0 Å². The molecule has 0 aliphatic carbocycles. The number of hydrogen-bond acceptors (Lipinski definition) is 4. The summed E-state index contributed by atoms with van der Waals surface area (Å²) in [7, 11) is 0. The van der Waals surface area contributed by atoms with Crippen LogP contribution in [0.4, 0.5) is 0 Å². The smallest absolute Gasteiger partial charge is 0.0857 e. The van der Waals surface area contributed by atoms with E-state index in [1.807, 2.05) is 0 Å². The van der Waals surface area contributed by atoms with Crippen molar-refractivity contribution in [3.8, 4) is 0 Å². The number of aliphatic hydroxyl groups excluding tert-OH is 1. The van der Waals surface area contributed by atoms with Crippen molar-refractivity contribution in [2.24, 2.45) is 0 Å². The van der Waals surface area contributed by atoms with Crippen LogP contribution in [0.2, 0.25) is 0 Å². The third-order valence-corrected chi connectivity index (χ3v) is 2.52. The molecule has 13 heavy (non-hydrogen) atoms. The minimum absolute atomic E-state index is 0.121.